The minimum atomic E-state index is -4.83. The second kappa shape index (κ2) is 8.99. The highest BCUT2D eigenvalue weighted by atomic mass is 19.4. The highest BCUT2D eigenvalue weighted by Crippen LogP contribution is 2.37. The molecule has 2 aromatic carbocycles. The van der Waals surface area contributed by atoms with E-state index >= 15 is 0 Å². The molecule has 31 heavy (non-hydrogen) atoms. The van der Waals surface area contributed by atoms with E-state index < -0.39 is 42.2 Å². The third-order valence-corrected chi connectivity index (χ3v) is 5.28. The van der Waals surface area contributed by atoms with Crippen LogP contribution < -0.4 is 4.74 Å². The first-order valence-electron chi connectivity index (χ1n) is 9.94. The summed E-state index contributed by atoms with van der Waals surface area (Å²) < 4.78 is 51.9. The molecule has 0 N–H and O–H groups in total. The molecule has 1 aliphatic heterocycles. The number of nitrogens with zero attached hydrogens (tertiary/aromatic N) is 1. The Kier molecular flexibility index (Phi) is 6.57. The van der Waals surface area contributed by atoms with Crippen LogP contribution in [0.5, 0.6) is 5.75 Å². The summed E-state index contributed by atoms with van der Waals surface area (Å²) in [7, 11) is 0. The number of carbonyl (C=O) groups excluding carboxylic acids is 2. The molecule has 0 spiro atoms. The Morgan fingerprint density at radius 1 is 1.10 bits per heavy atom. The van der Waals surface area contributed by atoms with Gasteiger partial charge in [-0.05, 0) is 38.0 Å². The summed E-state index contributed by atoms with van der Waals surface area (Å²) in [5, 5.41) is 0. The van der Waals surface area contributed by atoms with Crippen molar-refractivity contribution in [2.75, 3.05) is 6.61 Å². The average molecular weight is 435 g/mol. The largest absolute Gasteiger partial charge is 0.494 e. The lowest BCUT2D eigenvalue weighted by Gasteiger charge is -2.30. The molecule has 1 heterocycles. The molecule has 2 amide bonds. The number of rotatable bonds is 7. The second-order valence-electron chi connectivity index (χ2n) is 7.93. The van der Waals surface area contributed by atoms with Gasteiger partial charge in [0.25, 0.3) is 0 Å². The van der Waals surface area contributed by atoms with Crippen LogP contribution >= 0.6 is 0 Å². The van der Waals surface area contributed by atoms with Crippen LogP contribution in [-0.4, -0.2) is 41.3 Å². The number of amides is 2. The molecule has 0 aliphatic carbocycles. The third kappa shape index (κ3) is 5.37. The van der Waals surface area contributed by atoms with E-state index in [1.54, 1.807) is 74.5 Å². The lowest BCUT2D eigenvalue weighted by atomic mass is 9.91. The highest BCUT2D eigenvalue weighted by Gasteiger charge is 2.55. The van der Waals surface area contributed by atoms with E-state index in [1.807, 2.05) is 0 Å². The van der Waals surface area contributed by atoms with Gasteiger partial charge < -0.3 is 9.47 Å². The predicted octanol–water partition coefficient (Wildman–Crippen LogP) is 5.00. The van der Waals surface area contributed by atoms with Crippen LogP contribution in [0.4, 0.5) is 18.0 Å². The van der Waals surface area contributed by atoms with Crippen LogP contribution in [0.3, 0.4) is 0 Å². The molecular formula is C23H24F3NO4. The van der Waals surface area contributed by atoms with Crippen molar-refractivity contribution >= 4 is 12.0 Å². The van der Waals surface area contributed by atoms with E-state index in [0.717, 1.165) is 5.56 Å². The summed E-state index contributed by atoms with van der Waals surface area (Å²) in [5.41, 5.74) is -0.341. The summed E-state index contributed by atoms with van der Waals surface area (Å²) in [4.78, 5) is 26.1. The van der Waals surface area contributed by atoms with E-state index in [0.29, 0.717) is 10.6 Å². The van der Waals surface area contributed by atoms with Gasteiger partial charge in [0.05, 0.1) is 12.6 Å². The molecule has 2 aromatic rings. The van der Waals surface area contributed by atoms with Crippen molar-refractivity contribution < 1.29 is 32.2 Å². The maximum Gasteiger partial charge on any atom is 0.417 e. The maximum atomic E-state index is 13.8. The van der Waals surface area contributed by atoms with Crippen LogP contribution in [0.25, 0.3) is 0 Å². The fourth-order valence-corrected chi connectivity index (χ4v) is 3.60. The quantitative estimate of drug-likeness (QED) is 0.614. The Bertz CT molecular complexity index is 900. The molecular weight excluding hydrogens is 411 g/mol. The topological polar surface area (TPSA) is 55.8 Å². The molecule has 1 aliphatic rings. The van der Waals surface area contributed by atoms with Crippen molar-refractivity contribution in [3.63, 3.8) is 0 Å². The van der Waals surface area contributed by atoms with Gasteiger partial charge in [-0.2, -0.15) is 13.2 Å². The van der Waals surface area contributed by atoms with Crippen molar-refractivity contribution in [1.82, 2.24) is 4.90 Å². The first kappa shape index (κ1) is 22.7. The third-order valence-electron chi connectivity index (χ3n) is 5.28. The lowest BCUT2D eigenvalue weighted by molar-refractivity contribution is -0.190. The highest BCUT2D eigenvalue weighted by molar-refractivity contribution is 5.95. The van der Waals surface area contributed by atoms with Gasteiger partial charge >= 0.3 is 12.3 Å². The molecule has 0 aromatic heterocycles. The van der Waals surface area contributed by atoms with Gasteiger partial charge in [-0.15, -0.1) is 0 Å². The number of cyclic esters (lactones) is 1. The van der Waals surface area contributed by atoms with Gasteiger partial charge in [-0.3, -0.25) is 4.79 Å². The Morgan fingerprint density at radius 2 is 1.68 bits per heavy atom. The van der Waals surface area contributed by atoms with Gasteiger partial charge in [0, 0.05) is 6.42 Å². The first-order valence-corrected chi connectivity index (χ1v) is 9.94. The Balaban J connectivity index is 1.79. The molecule has 0 radical (unpaired) electrons. The van der Waals surface area contributed by atoms with Gasteiger partial charge in [0.15, 0.2) is 0 Å². The summed E-state index contributed by atoms with van der Waals surface area (Å²) in [5.74, 6) is -3.30. The summed E-state index contributed by atoms with van der Waals surface area (Å²) in [6, 6.07) is 16.4. The zero-order valence-electron chi connectivity index (χ0n) is 17.3. The normalized spacial score (nSPS) is 19.1. The van der Waals surface area contributed by atoms with Crippen molar-refractivity contribution in [3.8, 4) is 5.75 Å². The fourth-order valence-electron chi connectivity index (χ4n) is 3.60. The number of hydrogen-bond acceptors (Lipinski definition) is 4. The Morgan fingerprint density at radius 3 is 2.26 bits per heavy atom. The number of carbonyl (C=O) groups is 2. The predicted molar refractivity (Wildman–Crippen MR) is 107 cm³/mol. The molecule has 1 fully saturated rings. The number of ether oxygens (including phenoxy) is 2. The number of imide groups is 1. The van der Waals surface area contributed by atoms with Crippen molar-refractivity contribution in [3.05, 3.63) is 66.2 Å². The van der Waals surface area contributed by atoms with Crippen LogP contribution in [0.1, 0.15) is 25.8 Å². The fraction of sp³-hybridized carbons (Fsp3) is 0.391. The second-order valence-corrected chi connectivity index (χ2v) is 7.93. The molecule has 0 saturated carbocycles. The van der Waals surface area contributed by atoms with E-state index in [4.69, 9.17) is 9.47 Å². The number of hydrogen-bond donors (Lipinski definition) is 0. The summed E-state index contributed by atoms with van der Waals surface area (Å²) >= 11 is 0. The molecule has 8 heteroatoms. The Labute approximate surface area is 178 Å². The molecule has 0 unspecified atom stereocenters. The van der Waals surface area contributed by atoms with E-state index in [9.17, 15) is 22.8 Å². The van der Waals surface area contributed by atoms with Crippen LogP contribution in [0.2, 0.25) is 0 Å². The number of benzene rings is 2. The molecule has 3 rings (SSSR count). The molecule has 166 valence electrons. The van der Waals surface area contributed by atoms with E-state index in [1.165, 1.54) is 0 Å². The smallest absolute Gasteiger partial charge is 0.417 e. The minimum Gasteiger partial charge on any atom is -0.494 e. The molecule has 1 saturated heterocycles. The van der Waals surface area contributed by atoms with Crippen molar-refractivity contribution in [1.29, 1.82) is 0 Å². The van der Waals surface area contributed by atoms with Crippen LogP contribution in [0, 0.1) is 5.92 Å². The number of para-hydroxylation sites is 1. The van der Waals surface area contributed by atoms with Gasteiger partial charge in [-0.1, -0.05) is 48.5 Å². The van der Waals surface area contributed by atoms with Crippen LogP contribution in [-0.2, 0) is 16.0 Å². The van der Waals surface area contributed by atoms with Gasteiger partial charge in [0.2, 0.25) is 5.91 Å². The van der Waals surface area contributed by atoms with E-state index in [2.05, 4.69) is 0 Å². The van der Waals surface area contributed by atoms with Crippen molar-refractivity contribution in [2.24, 2.45) is 5.92 Å². The number of alkyl halides is 3. The standard InChI is InChI=1S/C23H24F3NO4/c1-22(2)19(15-16-9-5-3-6-10-16)27(21(29)31-22)20(28)18(23(24,25)26)13-14-30-17-11-7-4-8-12-17/h3-12,18-19H,13-15H2,1-2H3/t18-,19-/m0/s1. The Hall–Kier alpha value is -3.03. The maximum absolute atomic E-state index is 13.8. The minimum absolute atomic E-state index is 0.191. The zero-order valence-corrected chi connectivity index (χ0v) is 17.3. The van der Waals surface area contributed by atoms with Crippen LogP contribution in [0.15, 0.2) is 60.7 Å². The average Bonchev–Trinajstić information content (AvgIpc) is 2.93. The molecule has 5 nitrogen and oxygen atoms in total. The molecule has 0 bridgehead atoms. The first-order chi connectivity index (χ1) is 14.6. The van der Waals surface area contributed by atoms with E-state index in [-0.39, 0.29) is 13.0 Å². The van der Waals surface area contributed by atoms with Gasteiger partial charge in [0.1, 0.15) is 17.3 Å². The van der Waals surface area contributed by atoms with Gasteiger partial charge in [-0.25, -0.2) is 9.69 Å². The van der Waals surface area contributed by atoms with Crippen molar-refractivity contribution in [2.45, 2.75) is 44.5 Å². The summed E-state index contributed by atoms with van der Waals surface area (Å²) in [6.45, 7) is 2.86. The summed E-state index contributed by atoms with van der Waals surface area (Å²) in [6.07, 6.45) is -6.31. The number of halogens is 3. The lowest BCUT2D eigenvalue weighted by Crippen LogP contribution is -2.51. The zero-order chi connectivity index (χ0) is 22.6. The molecule has 2 atom stereocenters. The monoisotopic (exact) mass is 435 g/mol. The SMILES string of the molecule is CC1(C)OC(=O)N(C(=O)[C@H](CCOc2ccccc2)C(F)(F)F)[C@H]1Cc1ccccc1.